The molecule has 0 radical (unpaired) electrons. The zero-order valence-corrected chi connectivity index (χ0v) is 20.3. The second kappa shape index (κ2) is 9.20. The molecule has 4 rings (SSSR count). The lowest BCUT2D eigenvalue weighted by atomic mass is 10.1. The van der Waals surface area contributed by atoms with Gasteiger partial charge in [0.15, 0.2) is 0 Å². The Labute approximate surface area is 197 Å². The van der Waals surface area contributed by atoms with Gasteiger partial charge >= 0.3 is 0 Å². The second-order valence-electron chi connectivity index (χ2n) is 7.35. The molecule has 0 aliphatic heterocycles. The molecule has 4 aromatic rings. The summed E-state index contributed by atoms with van der Waals surface area (Å²) in [5.74, 6) is -0.167. The summed E-state index contributed by atoms with van der Waals surface area (Å²) in [7, 11) is 0. The van der Waals surface area contributed by atoms with Gasteiger partial charge in [0.25, 0.3) is 5.91 Å². The fourth-order valence-corrected chi connectivity index (χ4v) is 3.86. The highest BCUT2D eigenvalue weighted by Gasteiger charge is 2.12. The van der Waals surface area contributed by atoms with Crippen molar-refractivity contribution in [2.75, 3.05) is 5.32 Å². The Kier molecular flexibility index (Phi) is 6.38. The third kappa shape index (κ3) is 5.14. The van der Waals surface area contributed by atoms with E-state index in [1.807, 2.05) is 73.3 Å². The molecule has 2 aromatic heterocycles. The molecule has 0 aliphatic carbocycles. The van der Waals surface area contributed by atoms with Crippen LogP contribution in [-0.2, 0) is 13.1 Å². The van der Waals surface area contributed by atoms with Crippen LogP contribution in [0.4, 0.5) is 5.69 Å². The molecule has 1 amide bonds. The zero-order chi connectivity index (χ0) is 22.0. The number of halogens is 2. The number of carbonyl (C=O) groups is 1. The highest BCUT2D eigenvalue weighted by atomic mass is 79.9. The minimum Gasteiger partial charge on any atom is -0.319 e. The Morgan fingerprint density at radius 1 is 1.03 bits per heavy atom. The van der Waals surface area contributed by atoms with Crippen LogP contribution >= 0.6 is 31.9 Å². The fourth-order valence-electron chi connectivity index (χ4n) is 3.31. The SMILES string of the molecule is Cc1nn(Cc2cccc(C(=O)Nc3cnn(Cc4ccc(Br)cc4)c3)c2)c(C)c1Br. The first kappa shape index (κ1) is 21.5. The van der Waals surface area contributed by atoms with E-state index in [2.05, 4.69) is 47.4 Å². The summed E-state index contributed by atoms with van der Waals surface area (Å²) in [6.45, 7) is 5.22. The standard InChI is InChI=1S/C23H21Br2N5O/c1-15-22(25)16(2)30(28-15)13-18-4-3-5-19(10-18)23(31)27-21-11-26-29(14-21)12-17-6-8-20(24)9-7-17/h3-11,14H,12-13H2,1-2H3,(H,27,31). The molecule has 158 valence electrons. The Morgan fingerprint density at radius 2 is 1.81 bits per heavy atom. The summed E-state index contributed by atoms with van der Waals surface area (Å²) < 4.78 is 5.79. The van der Waals surface area contributed by atoms with E-state index >= 15 is 0 Å². The molecule has 6 nitrogen and oxygen atoms in total. The van der Waals surface area contributed by atoms with Crippen molar-refractivity contribution < 1.29 is 4.79 Å². The smallest absolute Gasteiger partial charge is 0.255 e. The Hall–Kier alpha value is -2.71. The van der Waals surface area contributed by atoms with Crippen LogP contribution in [0.25, 0.3) is 0 Å². The van der Waals surface area contributed by atoms with Crippen LogP contribution < -0.4 is 5.32 Å². The molecular formula is C23H21Br2N5O. The molecule has 1 N–H and O–H groups in total. The van der Waals surface area contributed by atoms with Crippen LogP contribution in [0.1, 0.15) is 32.9 Å². The number of anilines is 1. The summed E-state index contributed by atoms with van der Waals surface area (Å²) >= 11 is 7.00. The molecule has 0 saturated carbocycles. The largest absolute Gasteiger partial charge is 0.319 e. The number of carbonyl (C=O) groups excluding carboxylic acids is 1. The fraction of sp³-hybridized carbons (Fsp3) is 0.174. The number of hydrogen-bond donors (Lipinski definition) is 1. The van der Waals surface area contributed by atoms with Gasteiger partial charge in [-0.3, -0.25) is 14.2 Å². The average molecular weight is 543 g/mol. The highest BCUT2D eigenvalue weighted by Crippen LogP contribution is 2.21. The van der Waals surface area contributed by atoms with Crippen LogP contribution in [0.3, 0.4) is 0 Å². The quantitative estimate of drug-likeness (QED) is 0.346. The van der Waals surface area contributed by atoms with Crippen LogP contribution in [0.5, 0.6) is 0 Å². The molecule has 31 heavy (non-hydrogen) atoms. The van der Waals surface area contributed by atoms with E-state index in [4.69, 9.17) is 0 Å². The summed E-state index contributed by atoms with van der Waals surface area (Å²) in [5.41, 5.74) is 5.41. The lowest BCUT2D eigenvalue weighted by Crippen LogP contribution is -2.12. The highest BCUT2D eigenvalue weighted by molar-refractivity contribution is 9.10. The lowest BCUT2D eigenvalue weighted by Gasteiger charge is -2.08. The Bertz CT molecular complexity index is 1230. The minimum atomic E-state index is -0.167. The number of aromatic nitrogens is 4. The van der Waals surface area contributed by atoms with Crippen LogP contribution in [-0.4, -0.2) is 25.5 Å². The van der Waals surface area contributed by atoms with Crippen molar-refractivity contribution in [3.05, 3.63) is 97.9 Å². The third-order valence-electron chi connectivity index (χ3n) is 4.96. The topological polar surface area (TPSA) is 64.7 Å². The molecule has 2 aromatic carbocycles. The summed E-state index contributed by atoms with van der Waals surface area (Å²) in [5, 5.41) is 11.8. The first-order valence-electron chi connectivity index (χ1n) is 9.76. The zero-order valence-electron chi connectivity index (χ0n) is 17.1. The van der Waals surface area contributed by atoms with E-state index in [1.165, 1.54) is 0 Å². The first-order chi connectivity index (χ1) is 14.9. The van der Waals surface area contributed by atoms with Crippen molar-refractivity contribution in [1.29, 1.82) is 0 Å². The third-order valence-corrected chi connectivity index (χ3v) is 6.64. The summed E-state index contributed by atoms with van der Waals surface area (Å²) in [6.07, 6.45) is 3.49. The van der Waals surface area contributed by atoms with Crippen molar-refractivity contribution in [3.63, 3.8) is 0 Å². The predicted octanol–water partition coefficient (Wildman–Crippen LogP) is 5.57. The molecule has 8 heteroatoms. The van der Waals surface area contributed by atoms with E-state index in [1.54, 1.807) is 10.9 Å². The maximum Gasteiger partial charge on any atom is 0.255 e. The van der Waals surface area contributed by atoms with E-state index in [0.717, 1.165) is 31.5 Å². The van der Waals surface area contributed by atoms with Gasteiger partial charge in [-0.1, -0.05) is 40.2 Å². The number of hydrogen-bond acceptors (Lipinski definition) is 3. The van der Waals surface area contributed by atoms with Gasteiger partial charge in [0.2, 0.25) is 0 Å². The molecule has 0 unspecified atom stereocenters. The van der Waals surface area contributed by atoms with Gasteiger partial charge < -0.3 is 5.32 Å². The van der Waals surface area contributed by atoms with Crippen molar-refractivity contribution >= 4 is 43.5 Å². The number of nitrogens with one attached hydrogen (secondary N) is 1. The molecule has 2 heterocycles. The molecule has 0 spiro atoms. The molecule has 0 aliphatic rings. The van der Waals surface area contributed by atoms with Crippen molar-refractivity contribution in [3.8, 4) is 0 Å². The van der Waals surface area contributed by atoms with Crippen LogP contribution in [0, 0.1) is 13.8 Å². The van der Waals surface area contributed by atoms with Gasteiger partial charge in [0.05, 0.1) is 40.8 Å². The van der Waals surface area contributed by atoms with Crippen molar-refractivity contribution in [1.82, 2.24) is 19.6 Å². The number of amides is 1. The van der Waals surface area contributed by atoms with Gasteiger partial charge in [-0.05, 0) is 65.2 Å². The maximum atomic E-state index is 12.8. The molecule has 0 bridgehead atoms. The number of benzene rings is 2. The Balaban J connectivity index is 1.43. The molecule has 0 saturated heterocycles. The van der Waals surface area contributed by atoms with Gasteiger partial charge in [0, 0.05) is 16.2 Å². The van der Waals surface area contributed by atoms with Crippen LogP contribution in [0.15, 0.2) is 69.9 Å². The summed E-state index contributed by atoms with van der Waals surface area (Å²) in [6, 6.07) is 15.7. The van der Waals surface area contributed by atoms with Crippen molar-refractivity contribution in [2.45, 2.75) is 26.9 Å². The van der Waals surface area contributed by atoms with Crippen molar-refractivity contribution in [2.24, 2.45) is 0 Å². The normalized spacial score (nSPS) is 11.0. The van der Waals surface area contributed by atoms with E-state index < -0.39 is 0 Å². The van der Waals surface area contributed by atoms with Gasteiger partial charge in [-0.2, -0.15) is 10.2 Å². The molecule has 0 fully saturated rings. The molecule has 0 atom stereocenters. The average Bonchev–Trinajstić information content (AvgIpc) is 3.29. The second-order valence-corrected chi connectivity index (χ2v) is 9.06. The lowest BCUT2D eigenvalue weighted by molar-refractivity contribution is 0.102. The predicted molar refractivity (Wildman–Crippen MR) is 128 cm³/mol. The minimum absolute atomic E-state index is 0.167. The van der Waals surface area contributed by atoms with E-state index in [0.29, 0.717) is 24.3 Å². The summed E-state index contributed by atoms with van der Waals surface area (Å²) in [4.78, 5) is 12.8. The van der Waals surface area contributed by atoms with E-state index in [9.17, 15) is 4.79 Å². The van der Waals surface area contributed by atoms with E-state index in [-0.39, 0.29) is 5.91 Å². The maximum absolute atomic E-state index is 12.8. The monoisotopic (exact) mass is 541 g/mol. The van der Waals surface area contributed by atoms with Gasteiger partial charge in [0.1, 0.15) is 0 Å². The first-order valence-corrected chi connectivity index (χ1v) is 11.3. The van der Waals surface area contributed by atoms with Gasteiger partial charge in [-0.25, -0.2) is 0 Å². The van der Waals surface area contributed by atoms with Gasteiger partial charge in [-0.15, -0.1) is 0 Å². The number of rotatable bonds is 6. The van der Waals surface area contributed by atoms with Crippen LogP contribution in [0.2, 0.25) is 0 Å². The number of nitrogens with zero attached hydrogens (tertiary/aromatic N) is 4. The molecular weight excluding hydrogens is 522 g/mol. The Morgan fingerprint density at radius 3 is 2.52 bits per heavy atom. The number of aryl methyl sites for hydroxylation is 1.